The Balaban J connectivity index is 2.27. The van der Waals surface area contributed by atoms with Crippen molar-refractivity contribution >= 4 is 0 Å². The molecule has 1 aliphatic carbocycles. The van der Waals surface area contributed by atoms with Crippen molar-refractivity contribution in [2.75, 3.05) is 0 Å². The molecule has 1 aliphatic rings. The molecule has 0 aliphatic heterocycles. The molecule has 1 fully saturated rings. The molecule has 1 nitrogen and oxygen atoms in total. The Morgan fingerprint density at radius 3 is 2.48 bits per heavy atom. The number of phenols is 1. The number of benzene rings is 2. The summed E-state index contributed by atoms with van der Waals surface area (Å²) in [5.41, 5.74) is 2.68. The number of halogens is 1. The SMILES string of the molecule is Cc1cccc(F)c1C1(c2ccc(O)cc2)CCCCCC1C. The normalized spacial score (nSPS) is 25.1. The fourth-order valence-electron chi connectivity index (χ4n) is 4.42. The standard InChI is InChI=1S/C21H25FO/c1-15-7-6-9-19(22)20(15)21(14-5-3-4-8-16(21)2)17-10-12-18(23)13-11-17/h6-7,9-13,16,23H,3-5,8,14H2,1-2H3. The van der Waals surface area contributed by atoms with Gasteiger partial charge in [0.15, 0.2) is 0 Å². The molecular formula is C21H25FO. The van der Waals surface area contributed by atoms with Crippen LogP contribution in [0.3, 0.4) is 0 Å². The Labute approximate surface area is 138 Å². The van der Waals surface area contributed by atoms with Crippen LogP contribution in [0, 0.1) is 18.7 Å². The number of rotatable bonds is 2. The average Bonchev–Trinajstić information content (AvgIpc) is 2.71. The van der Waals surface area contributed by atoms with Crippen LogP contribution in [0.1, 0.15) is 55.7 Å². The predicted molar refractivity (Wildman–Crippen MR) is 92.3 cm³/mol. The molecule has 0 heterocycles. The van der Waals surface area contributed by atoms with E-state index in [0.29, 0.717) is 5.92 Å². The second-order valence-electron chi connectivity index (χ2n) is 6.95. The Morgan fingerprint density at radius 2 is 1.78 bits per heavy atom. The van der Waals surface area contributed by atoms with Gasteiger partial charge in [0.05, 0.1) is 0 Å². The van der Waals surface area contributed by atoms with Crippen LogP contribution in [0.25, 0.3) is 0 Å². The Hall–Kier alpha value is -1.83. The van der Waals surface area contributed by atoms with Crippen LogP contribution in [-0.4, -0.2) is 5.11 Å². The van der Waals surface area contributed by atoms with Crippen LogP contribution >= 0.6 is 0 Å². The van der Waals surface area contributed by atoms with E-state index in [1.807, 2.05) is 25.1 Å². The van der Waals surface area contributed by atoms with E-state index >= 15 is 0 Å². The number of hydrogen-bond acceptors (Lipinski definition) is 1. The lowest BCUT2D eigenvalue weighted by Crippen LogP contribution is -2.36. The lowest BCUT2D eigenvalue weighted by molar-refractivity contribution is 0.311. The molecule has 2 aromatic rings. The third-order valence-corrected chi connectivity index (χ3v) is 5.60. The Morgan fingerprint density at radius 1 is 1.04 bits per heavy atom. The van der Waals surface area contributed by atoms with E-state index in [2.05, 4.69) is 6.92 Å². The van der Waals surface area contributed by atoms with E-state index in [1.54, 1.807) is 24.3 Å². The first kappa shape index (κ1) is 16.0. The molecule has 1 saturated carbocycles. The number of aromatic hydroxyl groups is 1. The molecule has 23 heavy (non-hydrogen) atoms. The molecule has 0 radical (unpaired) electrons. The largest absolute Gasteiger partial charge is 0.508 e. The summed E-state index contributed by atoms with van der Waals surface area (Å²) in [6.45, 7) is 4.27. The summed E-state index contributed by atoms with van der Waals surface area (Å²) < 4.78 is 14.9. The molecule has 0 saturated heterocycles. The van der Waals surface area contributed by atoms with Crippen molar-refractivity contribution in [1.82, 2.24) is 0 Å². The van der Waals surface area contributed by atoms with Crippen LogP contribution in [0.2, 0.25) is 0 Å². The van der Waals surface area contributed by atoms with Gasteiger partial charge in [-0.1, -0.05) is 50.5 Å². The number of aryl methyl sites for hydroxylation is 1. The fourth-order valence-corrected chi connectivity index (χ4v) is 4.42. The van der Waals surface area contributed by atoms with Gasteiger partial charge in [0, 0.05) is 11.0 Å². The van der Waals surface area contributed by atoms with Gasteiger partial charge in [-0.25, -0.2) is 4.39 Å². The van der Waals surface area contributed by atoms with Gasteiger partial charge >= 0.3 is 0 Å². The zero-order valence-corrected chi connectivity index (χ0v) is 14.0. The maximum absolute atomic E-state index is 14.9. The van der Waals surface area contributed by atoms with Crippen molar-refractivity contribution in [3.05, 3.63) is 65.0 Å². The quantitative estimate of drug-likeness (QED) is 0.702. The molecule has 0 bridgehead atoms. The molecule has 2 heteroatoms. The minimum atomic E-state index is -0.306. The molecule has 0 amide bonds. The molecule has 2 atom stereocenters. The molecule has 2 unspecified atom stereocenters. The zero-order valence-electron chi connectivity index (χ0n) is 14.0. The lowest BCUT2D eigenvalue weighted by atomic mass is 9.62. The summed E-state index contributed by atoms with van der Waals surface area (Å²) in [5.74, 6) is 0.521. The smallest absolute Gasteiger partial charge is 0.127 e. The second kappa shape index (κ2) is 6.35. The highest BCUT2D eigenvalue weighted by Gasteiger charge is 2.42. The van der Waals surface area contributed by atoms with E-state index < -0.39 is 0 Å². The van der Waals surface area contributed by atoms with Gasteiger partial charge in [-0.2, -0.15) is 0 Å². The van der Waals surface area contributed by atoms with E-state index in [1.165, 1.54) is 12.8 Å². The van der Waals surface area contributed by atoms with Gasteiger partial charge in [-0.15, -0.1) is 0 Å². The monoisotopic (exact) mass is 312 g/mol. The lowest BCUT2D eigenvalue weighted by Gasteiger charge is -2.41. The minimum Gasteiger partial charge on any atom is -0.508 e. The summed E-state index contributed by atoms with van der Waals surface area (Å²) in [6, 6.07) is 12.8. The van der Waals surface area contributed by atoms with Crippen molar-refractivity contribution < 1.29 is 9.50 Å². The van der Waals surface area contributed by atoms with E-state index in [0.717, 1.165) is 36.0 Å². The van der Waals surface area contributed by atoms with Gasteiger partial charge in [-0.3, -0.25) is 0 Å². The van der Waals surface area contributed by atoms with Crippen LogP contribution in [0.5, 0.6) is 5.75 Å². The van der Waals surface area contributed by atoms with Crippen molar-refractivity contribution in [1.29, 1.82) is 0 Å². The highest BCUT2D eigenvalue weighted by atomic mass is 19.1. The van der Waals surface area contributed by atoms with Crippen LogP contribution < -0.4 is 0 Å². The van der Waals surface area contributed by atoms with Gasteiger partial charge in [0.2, 0.25) is 0 Å². The maximum Gasteiger partial charge on any atom is 0.127 e. The van der Waals surface area contributed by atoms with Crippen LogP contribution in [0.15, 0.2) is 42.5 Å². The predicted octanol–water partition coefficient (Wildman–Crippen LogP) is 5.73. The topological polar surface area (TPSA) is 20.2 Å². The van der Waals surface area contributed by atoms with Crippen molar-refractivity contribution in [3.8, 4) is 5.75 Å². The van der Waals surface area contributed by atoms with E-state index in [9.17, 15) is 9.50 Å². The summed E-state index contributed by atoms with van der Waals surface area (Å²) in [4.78, 5) is 0. The first-order valence-electron chi connectivity index (χ1n) is 8.61. The zero-order chi connectivity index (χ0) is 16.4. The van der Waals surface area contributed by atoms with Gasteiger partial charge in [-0.05, 0) is 55.0 Å². The Bertz CT molecular complexity index is 656. The number of phenolic OH excluding ortho intramolecular Hbond substituents is 1. The molecular weight excluding hydrogens is 287 g/mol. The van der Waals surface area contributed by atoms with Crippen LogP contribution in [0.4, 0.5) is 4.39 Å². The van der Waals surface area contributed by atoms with E-state index in [-0.39, 0.29) is 17.0 Å². The van der Waals surface area contributed by atoms with Gasteiger partial charge in [0.25, 0.3) is 0 Å². The molecule has 0 aromatic heterocycles. The summed E-state index contributed by atoms with van der Waals surface area (Å²) in [7, 11) is 0. The molecule has 2 aromatic carbocycles. The highest BCUT2D eigenvalue weighted by Crippen LogP contribution is 2.49. The third kappa shape index (κ3) is 2.75. The van der Waals surface area contributed by atoms with Crippen molar-refractivity contribution in [2.24, 2.45) is 5.92 Å². The second-order valence-corrected chi connectivity index (χ2v) is 6.95. The average molecular weight is 312 g/mol. The molecule has 122 valence electrons. The maximum atomic E-state index is 14.9. The van der Waals surface area contributed by atoms with Crippen LogP contribution in [-0.2, 0) is 5.41 Å². The third-order valence-electron chi connectivity index (χ3n) is 5.60. The summed E-state index contributed by atoms with van der Waals surface area (Å²) in [6.07, 6.45) is 5.58. The van der Waals surface area contributed by atoms with Gasteiger partial charge in [0.1, 0.15) is 11.6 Å². The molecule has 0 spiro atoms. The minimum absolute atomic E-state index is 0.105. The van der Waals surface area contributed by atoms with E-state index in [4.69, 9.17) is 0 Å². The van der Waals surface area contributed by atoms with Crippen molar-refractivity contribution in [3.63, 3.8) is 0 Å². The Kier molecular flexibility index (Phi) is 4.43. The van der Waals surface area contributed by atoms with Crippen molar-refractivity contribution in [2.45, 2.75) is 51.4 Å². The fraction of sp³-hybridized carbons (Fsp3) is 0.429. The highest BCUT2D eigenvalue weighted by molar-refractivity contribution is 5.46. The van der Waals surface area contributed by atoms with Gasteiger partial charge < -0.3 is 5.11 Å². The number of hydrogen-bond donors (Lipinski definition) is 1. The summed E-state index contributed by atoms with van der Waals surface area (Å²) >= 11 is 0. The summed E-state index contributed by atoms with van der Waals surface area (Å²) in [5, 5.41) is 9.67. The first-order valence-corrected chi connectivity index (χ1v) is 8.61. The first-order chi connectivity index (χ1) is 11.1. The molecule has 3 rings (SSSR count). The molecule has 1 N–H and O–H groups in total.